The smallest absolute Gasteiger partial charge is 0.258 e. The highest BCUT2D eigenvalue weighted by Crippen LogP contribution is 2.37. The number of hydrogen-bond acceptors (Lipinski definition) is 3. The quantitative estimate of drug-likeness (QED) is 0.559. The molecule has 0 radical (unpaired) electrons. The van der Waals surface area contributed by atoms with Crippen LogP contribution in [0.3, 0.4) is 0 Å². The zero-order valence-corrected chi connectivity index (χ0v) is 12.5. The lowest BCUT2D eigenvalue weighted by atomic mass is 10.0. The first-order chi connectivity index (χ1) is 10.5. The van der Waals surface area contributed by atoms with Crippen LogP contribution in [0.1, 0.15) is 11.1 Å². The third-order valence-corrected chi connectivity index (χ3v) is 4.01. The van der Waals surface area contributed by atoms with Crippen LogP contribution in [-0.4, -0.2) is 15.1 Å². The third kappa shape index (κ3) is 2.45. The molecule has 112 valence electrons. The van der Waals surface area contributed by atoms with E-state index in [2.05, 4.69) is 26.1 Å². The Morgan fingerprint density at radius 2 is 1.95 bits per heavy atom. The molecular formula is C14H8BrF2N3O2. The highest BCUT2D eigenvalue weighted by molar-refractivity contribution is 9.10. The Kier molecular flexibility index (Phi) is 3.61. The van der Waals surface area contributed by atoms with Gasteiger partial charge in [0, 0.05) is 16.5 Å². The van der Waals surface area contributed by atoms with E-state index in [1.54, 1.807) is 0 Å². The second-order valence-corrected chi connectivity index (χ2v) is 5.53. The number of nitro groups is 1. The Labute approximate surface area is 131 Å². The van der Waals surface area contributed by atoms with Gasteiger partial charge < -0.3 is 0 Å². The summed E-state index contributed by atoms with van der Waals surface area (Å²) in [5, 5.41) is 17.0. The number of fused-ring (bicyclic) bond motifs is 1. The van der Waals surface area contributed by atoms with Crippen molar-refractivity contribution < 1.29 is 13.7 Å². The van der Waals surface area contributed by atoms with Crippen molar-refractivity contribution in [1.82, 2.24) is 10.2 Å². The van der Waals surface area contributed by atoms with Gasteiger partial charge >= 0.3 is 0 Å². The fraction of sp³-hybridized carbons (Fsp3) is 0.0714. The number of nitrogens with zero attached hydrogens (tertiary/aromatic N) is 2. The predicted molar refractivity (Wildman–Crippen MR) is 79.6 cm³/mol. The molecule has 3 aromatic rings. The summed E-state index contributed by atoms with van der Waals surface area (Å²) in [4.78, 5) is 10.8. The average molecular weight is 368 g/mol. The molecule has 0 aliphatic rings. The molecule has 1 aromatic heterocycles. The SMILES string of the molecule is O=[N+]([O-])c1c(Cc2ccc(F)cc2)c(Br)cc2n[nH]c(F)c12. The lowest BCUT2D eigenvalue weighted by Gasteiger charge is -2.07. The van der Waals surface area contributed by atoms with Crippen molar-refractivity contribution in [3.63, 3.8) is 0 Å². The summed E-state index contributed by atoms with van der Waals surface area (Å²) in [5.41, 5.74) is 0.803. The average Bonchev–Trinajstić information content (AvgIpc) is 2.82. The number of aromatic amines is 1. The maximum Gasteiger partial charge on any atom is 0.288 e. The van der Waals surface area contributed by atoms with Crippen LogP contribution in [-0.2, 0) is 6.42 Å². The van der Waals surface area contributed by atoms with Crippen LogP contribution < -0.4 is 0 Å². The number of nitrogens with one attached hydrogen (secondary N) is 1. The number of H-pyrrole nitrogens is 1. The second kappa shape index (κ2) is 5.45. The van der Waals surface area contributed by atoms with Gasteiger partial charge in [-0.25, -0.2) is 4.39 Å². The highest BCUT2D eigenvalue weighted by atomic mass is 79.9. The van der Waals surface area contributed by atoms with Crippen molar-refractivity contribution in [3.8, 4) is 0 Å². The number of hydrogen-bond donors (Lipinski definition) is 1. The molecule has 2 aromatic carbocycles. The van der Waals surface area contributed by atoms with Gasteiger partial charge in [-0.2, -0.15) is 9.49 Å². The monoisotopic (exact) mass is 367 g/mol. The van der Waals surface area contributed by atoms with Crippen LogP contribution in [0.4, 0.5) is 14.5 Å². The Morgan fingerprint density at radius 1 is 1.27 bits per heavy atom. The summed E-state index contributed by atoms with van der Waals surface area (Å²) < 4.78 is 27.2. The minimum Gasteiger partial charge on any atom is -0.258 e. The van der Waals surface area contributed by atoms with Crippen LogP contribution in [0.25, 0.3) is 10.9 Å². The minimum absolute atomic E-state index is 0.162. The Balaban J connectivity index is 2.21. The van der Waals surface area contributed by atoms with E-state index >= 15 is 0 Å². The Bertz CT molecular complexity index is 878. The van der Waals surface area contributed by atoms with Crippen molar-refractivity contribution in [2.24, 2.45) is 0 Å². The van der Waals surface area contributed by atoms with E-state index in [1.807, 2.05) is 0 Å². The third-order valence-electron chi connectivity index (χ3n) is 3.30. The van der Waals surface area contributed by atoms with Gasteiger partial charge in [0.15, 0.2) is 0 Å². The van der Waals surface area contributed by atoms with Gasteiger partial charge in [0.1, 0.15) is 16.7 Å². The molecule has 3 rings (SSSR count). The molecule has 0 unspecified atom stereocenters. The van der Waals surface area contributed by atoms with Gasteiger partial charge in [0.2, 0.25) is 5.95 Å². The summed E-state index contributed by atoms with van der Waals surface area (Å²) in [7, 11) is 0. The van der Waals surface area contributed by atoms with Gasteiger partial charge in [0.25, 0.3) is 5.69 Å². The van der Waals surface area contributed by atoms with Gasteiger partial charge in [0.05, 0.1) is 4.92 Å². The van der Waals surface area contributed by atoms with E-state index in [0.717, 1.165) is 0 Å². The van der Waals surface area contributed by atoms with Crippen molar-refractivity contribution in [2.45, 2.75) is 6.42 Å². The molecule has 0 saturated carbocycles. The second-order valence-electron chi connectivity index (χ2n) is 4.68. The summed E-state index contributed by atoms with van der Waals surface area (Å²) >= 11 is 3.26. The number of aromatic nitrogens is 2. The van der Waals surface area contributed by atoms with Gasteiger partial charge in [-0.1, -0.05) is 28.1 Å². The molecule has 0 spiro atoms. The molecule has 0 saturated heterocycles. The molecule has 22 heavy (non-hydrogen) atoms. The lowest BCUT2D eigenvalue weighted by Crippen LogP contribution is -2.00. The number of halogens is 3. The standard InChI is InChI=1S/C14H8BrF2N3O2/c15-10-6-11-12(14(17)19-18-11)13(20(21)22)9(10)5-7-1-3-8(16)4-2-7/h1-4,6H,5H2,(H,18,19). The van der Waals surface area contributed by atoms with Crippen molar-refractivity contribution in [3.05, 3.63) is 67.8 Å². The zero-order chi connectivity index (χ0) is 15.9. The van der Waals surface area contributed by atoms with E-state index in [0.29, 0.717) is 15.6 Å². The molecule has 8 heteroatoms. The van der Waals surface area contributed by atoms with Crippen LogP contribution in [0.15, 0.2) is 34.8 Å². The van der Waals surface area contributed by atoms with Crippen LogP contribution in [0, 0.1) is 21.9 Å². The van der Waals surface area contributed by atoms with Crippen LogP contribution in [0.5, 0.6) is 0 Å². The summed E-state index contributed by atoms with van der Waals surface area (Å²) in [5.74, 6) is -1.25. The Morgan fingerprint density at radius 3 is 2.59 bits per heavy atom. The zero-order valence-electron chi connectivity index (χ0n) is 10.9. The van der Waals surface area contributed by atoms with Crippen LogP contribution in [0.2, 0.25) is 0 Å². The van der Waals surface area contributed by atoms with E-state index in [9.17, 15) is 18.9 Å². The first-order valence-electron chi connectivity index (χ1n) is 6.21. The molecule has 1 N–H and O–H groups in total. The lowest BCUT2D eigenvalue weighted by molar-refractivity contribution is -0.383. The fourth-order valence-electron chi connectivity index (χ4n) is 2.31. The molecule has 0 aliphatic carbocycles. The molecule has 0 bridgehead atoms. The normalized spacial score (nSPS) is 11.0. The maximum atomic E-state index is 13.8. The van der Waals surface area contributed by atoms with Gasteiger partial charge in [-0.05, 0) is 23.8 Å². The fourth-order valence-corrected chi connectivity index (χ4v) is 2.86. The highest BCUT2D eigenvalue weighted by Gasteiger charge is 2.26. The first-order valence-corrected chi connectivity index (χ1v) is 7.00. The van der Waals surface area contributed by atoms with E-state index in [4.69, 9.17) is 0 Å². The summed E-state index contributed by atoms with van der Waals surface area (Å²) in [6.07, 6.45) is 0.164. The van der Waals surface area contributed by atoms with E-state index in [1.165, 1.54) is 30.3 Å². The topological polar surface area (TPSA) is 71.8 Å². The summed E-state index contributed by atoms with van der Waals surface area (Å²) in [6, 6.07) is 7.11. The minimum atomic E-state index is -0.852. The largest absolute Gasteiger partial charge is 0.288 e. The maximum absolute atomic E-state index is 13.8. The molecular weight excluding hydrogens is 360 g/mol. The molecule has 0 aliphatic heterocycles. The van der Waals surface area contributed by atoms with E-state index in [-0.39, 0.29) is 23.0 Å². The summed E-state index contributed by atoms with van der Waals surface area (Å²) in [6.45, 7) is 0. The van der Waals surface area contributed by atoms with Gasteiger partial charge in [-0.3, -0.25) is 15.2 Å². The van der Waals surface area contributed by atoms with Crippen molar-refractivity contribution >= 4 is 32.5 Å². The molecule has 0 fully saturated rings. The first kappa shape index (κ1) is 14.6. The van der Waals surface area contributed by atoms with E-state index < -0.39 is 16.7 Å². The van der Waals surface area contributed by atoms with Crippen molar-refractivity contribution in [2.75, 3.05) is 0 Å². The molecule has 0 atom stereocenters. The molecule has 0 amide bonds. The van der Waals surface area contributed by atoms with Crippen LogP contribution >= 0.6 is 15.9 Å². The predicted octanol–water partition coefficient (Wildman–Crippen LogP) is 4.10. The molecule has 5 nitrogen and oxygen atoms in total. The molecule has 1 heterocycles. The van der Waals surface area contributed by atoms with Crippen molar-refractivity contribution in [1.29, 1.82) is 0 Å². The Hall–Kier alpha value is -2.35. The number of rotatable bonds is 3. The number of nitro benzene ring substituents is 1. The number of benzene rings is 2. The van der Waals surface area contributed by atoms with Gasteiger partial charge in [-0.15, -0.1) is 0 Å².